The van der Waals surface area contributed by atoms with Gasteiger partial charge in [0.05, 0.1) is 39.9 Å². The molecule has 0 saturated heterocycles. The highest BCUT2D eigenvalue weighted by Gasteiger charge is 2.23. The lowest BCUT2D eigenvalue weighted by Gasteiger charge is -2.29. The molecule has 364 valence electrons. The van der Waals surface area contributed by atoms with E-state index in [0.29, 0.717) is 17.4 Å². The van der Waals surface area contributed by atoms with E-state index in [9.17, 15) is 19.4 Å². The number of likely N-dealkylation sites (N-methyl/N-ethyl adjacent to an activating group) is 1. The van der Waals surface area contributed by atoms with Crippen molar-refractivity contribution in [3.8, 4) is 0 Å². The largest absolute Gasteiger partial charge is 0.756 e. The number of phosphoric ester groups is 1. The zero-order valence-electron chi connectivity index (χ0n) is 41.3. The lowest BCUT2D eigenvalue weighted by molar-refractivity contribution is -0.870. The van der Waals surface area contributed by atoms with E-state index < -0.39 is 26.6 Å². The average Bonchev–Trinajstić information content (AvgIpc) is 3.23. The maximum absolute atomic E-state index is 12.9. The van der Waals surface area contributed by atoms with Gasteiger partial charge in [0.1, 0.15) is 13.2 Å². The fraction of sp³-hybridized carbons (Fsp3) is 0.830. The van der Waals surface area contributed by atoms with Crippen LogP contribution in [0, 0.1) is 0 Å². The van der Waals surface area contributed by atoms with Crippen LogP contribution in [0.4, 0.5) is 0 Å². The number of nitrogens with zero attached hydrogens (tertiary/aromatic N) is 1. The van der Waals surface area contributed by atoms with Crippen LogP contribution in [0.1, 0.15) is 232 Å². The fourth-order valence-electron chi connectivity index (χ4n) is 7.38. The summed E-state index contributed by atoms with van der Waals surface area (Å²) >= 11 is 0. The number of aliphatic hydroxyl groups excluding tert-OH is 1. The van der Waals surface area contributed by atoms with Crippen LogP contribution >= 0.6 is 7.82 Å². The lowest BCUT2D eigenvalue weighted by Crippen LogP contribution is -2.45. The molecule has 3 atom stereocenters. The second-order valence-corrected chi connectivity index (χ2v) is 20.3. The molecule has 0 radical (unpaired) electrons. The Hall–Kier alpha value is -1.54. The number of amides is 1. The molecular formula is C53H101N2O6P. The Kier molecular flexibility index (Phi) is 43.5. The van der Waals surface area contributed by atoms with Crippen molar-refractivity contribution in [3.63, 3.8) is 0 Å². The number of carbonyl (C=O) groups is 1. The Morgan fingerprint density at radius 2 is 0.952 bits per heavy atom. The van der Waals surface area contributed by atoms with E-state index in [2.05, 4.69) is 55.6 Å². The summed E-state index contributed by atoms with van der Waals surface area (Å²) in [5, 5.41) is 13.8. The van der Waals surface area contributed by atoms with Gasteiger partial charge in [-0.05, 0) is 64.2 Å². The molecular weight excluding hydrogens is 792 g/mol. The van der Waals surface area contributed by atoms with Crippen molar-refractivity contribution in [2.24, 2.45) is 0 Å². The van der Waals surface area contributed by atoms with Crippen LogP contribution in [-0.4, -0.2) is 68.5 Å². The number of rotatable bonds is 47. The zero-order valence-corrected chi connectivity index (χ0v) is 42.2. The van der Waals surface area contributed by atoms with Crippen molar-refractivity contribution >= 4 is 13.7 Å². The maximum atomic E-state index is 12.9. The minimum Gasteiger partial charge on any atom is -0.756 e. The number of phosphoric acid groups is 1. The summed E-state index contributed by atoms with van der Waals surface area (Å²) in [4.78, 5) is 25.4. The second kappa shape index (κ2) is 44.7. The predicted octanol–water partition coefficient (Wildman–Crippen LogP) is 14.6. The van der Waals surface area contributed by atoms with E-state index >= 15 is 0 Å². The SMILES string of the molecule is CCCCCCCCC/C=C/CC/C=C/C(O)C(COP(=O)([O-])OCC[N+](C)(C)C)NC(=O)CCCCCCCCCCCCC/C=C\C/C=C\CCCCCCCCCCC. The first kappa shape index (κ1) is 60.5. The lowest BCUT2D eigenvalue weighted by atomic mass is 10.0. The summed E-state index contributed by atoms with van der Waals surface area (Å²) in [6.45, 7) is 4.62. The van der Waals surface area contributed by atoms with Crippen LogP contribution in [0.5, 0.6) is 0 Å². The molecule has 1 amide bonds. The molecule has 0 rings (SSSR count). The second-order valence-electron chi connectivity index (χ2n) is 18.9. The fourth-order valence-corrected chi connectivity index (χ4v) is 8.10. The summed E-state index contributed by atoms with van der Waals surface area (Å²) in [6.07, 6.45) is 57.5. The van der Waals surface area contributed by atoms with Gasteiger partial charge in [0.2, 0.25) is 5.91 Å². The Morgan fingerprint density at radius 3 is 1.40 bits per heavy atom. The zero-order chi connectivity index (χ0) is 45.7. The normalized spacial score (nSPS) is 14.5. The highest BCUT2D eigenvalue weighted by atomic mass is 31.2. The first-order chi connectivity index (χ1) is 30.0. The first-order valence-electron chi connectivity index (χ1n) is 26.0. The van der Waals surface area contributed by atoms with Crippen molar-refractivity contribution in [1.82, 2.24) is 5.32 Å². The number of aliphatic hydroxyl groups is 1. The summed E-state index contributed by atoms with van der Waals surface area (Å²) in [6, 6.07) is -0.904. The molecule has 0 aliphatic rings. The van der Waals surface area contributed by atoms with Crippen LogP contribution in [-0.2, 0) is 18.4 Å². The smallest absolute Gasteiger partial charge is 0.268 e. The first-order valence-corrected chi connectivity index (χ1v) is 27.5. The maximum Gasteiger partial charge on any atom is 0.268 e. The van der Waals surface area contributed by atoms with E-state index in [1.165, 1.54) is 167 Å². The Bertz CT molecular complexity index is 1150. The topological polar surface area (TPSA) is 108 Å². The van der Waals surface area contributed by atoms with Gasteiger partial charge in [-0.15, -0.1) is 0 Å². The minimum absolute atomic E-state index is 0.00762. The standard InChI is InChI=1S/C53H101N2O6P/c1-6-8-10-12-14-16-18-20-21-22-23-24-25-26-27-28-29-30-31-32-33-35-37-39-41-43-45-47-53(57)54-51(50-61-62(58,59)60-49-48-55(3,4)5)52(56)46-44-42-40-38-36-34-19-17-15-13-11-9-7-2/h23-24,26-27,36,38,44,46,51-52,56H,6-22,25,28-35,37,39-43,45,47-50H2,1-5H3,(H-,54,57,58,59)/b24-23-,27-26-,38-36+,46-44+. The molecule has 0 aliphatic heterocycles. The van der Waals surface area contributed by atoms with E-state index in [-0.39, 0.29) is 12.5 Å². The van der Waals surface area contributed by atoms with Gasteiger partial charge in [-0.3, -0.25) is 9.36 Å². The number of carbonyl (C=O) groups excluding carboxylic acids is 1. The molecule has 0 bridgehead atoms. The third kappa shape index (κ3) is 46.5. The molecule has 62 heavy (non-hydrogen) atoms. The molecule has 8 nitrogen and oxygen atoms in total. The van der Waals surface area contributed by atoms with Gasteiger partial charge < -0.3 is 28.8 Å². The number of unbranched alkanes of at least 4 members (excludes halogenated alkanes) is 28. The summed E-state index contributed by atoms with van der Waals surface area (Å²) in [5.41, 5.74) is 0. The van der Waals surface area contributed by atoms with Crippen LogP contribution in [0.3, 0.4) is 0 Å². The quantitative estimate of drug-likeness (QED) is 0.0273. The predicted molar refractivity (Wildman–Crippen MR) is 265 cm³/mol. The van der Waals surface area contributed by atoms with Crippen molar-refractivity contribution in [2.45, 2.75) is 244 Å². The number of allylic oxidation sites excluding steroid dienone is 7. The molecule has 0 saturated carbocycles. The van der Waals surface area contributed by atoms with Crippen molar-refractivity contribution in [2.75, 3.05) is 40.9 Å². The van der Waals surface area contributed by atoms with E-state index in [0.717, 1.165) is 44.9 Å². The average molecular weight is 893 g/mol. The van der Waals surface area contributed by atoms with Crippen LogP contribution in [0.25, 0.3) is 0 Å². The highest BCUT2D eigenvalue weighted by Crippen LogP contribution is 2.38. The molecule has 0 heterocycles. The van der Waals surface area contributed by atoms with Gasteiger partial charge in [-0.2, -0.15) is 0 Å². The van der Waals surface area contributed by atoms with Crippen molar-refractivity contribution in [3.05, 3.63) is 48.6 Å². The summed E-state index contributed by atoms with van der Waals surface area (Å²) in [7, 11) is 1.24. The molecule has 2 N–H and O–H groups in total. The number of quaternary nitrogens is 1. The van der Waals surface area contributed by atoms with Crippen LogP contribution in [0.2, 0.25) is 0 Å². The number of hydrogen-bond donors (Lipinski definition) is 2. The molecule has 0 fully saturated rings. The summed E-state index contributed by atoms with van der Waals surface area (Å²) in [5.74, 6) is -0.210. The Morgan fingerprint density at radius 1 is 0.565 bits per heavy atom. The number of nitrogens with one attached hydrogen (secondary N) is 1. The van der Waals surface area contributed by atoms with Gasteiger partial charge in [0.15, 0.2) is 0 Å². The summed E-state index contributed by atoms with van der Waals surface area (Å²) < 4.78 is 23.2. The van der Waals surface area contributed by atoms with E-state index in [4.69, 9.17) is 9.05 Å². The molecule has 3 unspecified atom stereocenters. The molecule has 0 aliphatic carbocycles. The van der Waals surface area contributed by atoms with Crippen LogP contribution < -0.4 is 10.2 Å². The monoisotopic (exact) mass is 893 g/mol. The van der Waals surface area contributed by atoms with E-state index in [1.54, 1.807) is 6.08 Å². The Labute approximate surface area is 384 Å². The molecule has 9 heteroatoms. The van der Waals surface area contributed by atoms with E-state index in [1.807, 2.05) is 27.2 Å². The van der Waals surface area contributed by atoms with Crippen molar-refractivity contribution < 1.29 is 32.9 Å². The highest BCUT2D eigenvalue weighted by molar-refractivity contribution is 7.45. The van der Waals surface area contributed by atoms with Crippen molar-refractivity contribution in [1.29, 1.82) is 0 Å². The van der Waals surface area contributed by atoms with Gasteiger partial charge in [-0.1, -0.05) is 210 Å². The molecule has 0 aromatic carbocycles. The van der Waals surface area contributed by atoms with Gasteiger partial charge in [0.25, 0.3) is 7.82 Å². The van der Waals surface area contributed by atoms with Gasteiger partial charge in [-0.25, -0.2) is 0 Å². The third-order valence-electron chi connectivity index (χ3n) is 11.5. The minimum atomic E-state index is -4.60. The molecule has 0 aromatic heterocycles. The van der Waals surface area contributed by atoms with Crippen LogP contribution in [0.15, 0.2) is 48.6 Å². The van der Waals surface area contributed by atoms with Gasteiger partial charge >= 0.3 is 0 Å². The van der Waals surface area contributed by atoms with Gasteiger partial charge in [0, 0.05) is 6.42 Å². The third-order valence-corrected chi connectivity index (χ3v) is 12.5. The molecule has 0 spiro atoms. The Balaban J connectivity index is 4.21. The molecule has 0 aromatic rings. The number of hydrogen-bond acceptors (Lipinski definition) is 6.